The number of benzene rings is 1. The summed E-state index contributed by atoms with van der Waals surface area (Å²) in [7, 11) is 1.60. The highest BCUT2D eigenvalue weighted by Crippen LogP contribution is 2.45. The molecule has 0 saturated carbocycles. The van der Waals surface area contributed by atoms with Crippen LogP contribution in [0, 0.1) is 12.3 Å². The van der Waals surface area contributed by atoms with Gasteiger partial charge in [-0.1, -0.05) is 12.1 Å². The molecule has 8 heteroatoms. The van der Waals surface area contributed by atoms with Crippen LogP contribution in [0.2, 0.25) is 0 Å². The molecule has 1 atom stereocenters. The molecule has 2 fully saturated rings. The van der Waals surface area contributed by atoms with Gasteiger partial charge in [0.2, 0.25) is 5.91 Å². The zero-order chi connectivity index (χ0) is 21.4. The molecule has 6 nitrogen and oxygen atoms in total. The van der Waals surface area contributed by atoms with Crippen molar-refractivity contribution in [1.82, 2.24) is 20.0 Å². The fourth-order valence-electron chi connectivity index (χ4n) is 4.92. The van der Waals surface area contributed by atoms with Crippen molar-refractivity contribution >= 4 is 5.91 Å². The van der Waals surface area contributed by atoms with E-state index in [0.717, 1.165) is 29.1 Å². The van der Waals surface area contributed by atoms with Gasteiger partial charge in [-0.15, -0.1) is 0 Å². The molecular weight excluding hydrogens is 390 g/mol. The summed E-state index contributed by atoms with van der Waals surface area (Å²) in [4.78, 5) is 16.9. The first-order chi connectivity index (χ1) is 14.3. The molecule has 2 aliphatic heterocycles. The number of hydrogen-bond acceptors (Lipinski definition) is 4. The number of alkyl halides is 2. The molecule has 2 saturated heterocycles. The first kappa shape index (κ1) is 20.8. The first-order valence-corrected chi connectivity index (χ1v) is 10.3. The van der Waals surface area contributed by atoms with Crippen molar-refractivity contribution < 1.29 is 18.3 Å². The summed E-state index contributed by atoms with van der Waals surface area (Å²) in [6.45, 7) is 3.17. The summed E-state index contributed by atoms with van der Waals surface area (Å²) < 4.78 is 34.8. The smallest absolute Gasteiger partial charge is 0.261 e. The summed E-state index contributed by atoms with van der Waals surface area (Å²) in [5.41, 5.74) is 1.49. The number of rotatable bonds is 5. The van der Waals surface area contributed by atoms with E-state index in [9.17, 15) is 13.6 Å². The number of aromatic amines is 1. The van der Waals surface area contributed by atoms with Crippen LogP contribution in [-0.4, -0.2) is 58.6 Å². The van der Waals surface area contributed by atoms with E-state index in [0.29, 0.717) is 32.6 Å². The number of hydrogen-bond donors (Lipinski definition) is 1. The van der Waals surface area contributed by atoms with Crippen LogP contribution in [0.25, 0.3) is 0 Å². The molecule has 162 valence electrons. The van der Waals surface area contributed by atoms with E-state index < -0.39 is 11.3 Å². The lowest BCUT2D eigenvalue weighted by molar-refractivity contribution is -0.170. The number of piperidine rings is 2. The Morgan fingerprint density at radius 1 is 1.23 bits per heavy atom. The lowest BCUT2D eigenvalue weighted by Gasteiger charge is -2.49. The van der Waals surface area contributed by atoms with Crippen LogP contribution in [0.15, 0.2) is 30.3 Å². The van der Waals surface area contributed by atoms with Gasteiger partial charge in [-0.2, -0.15) is 5.10 Å². The number of methoxy groups -OCH3 is 1. The maximum atomic E-state index is 14.8. The Labute approximate surface area is 175 Å². The number of halogens is 2. The zero-order valence-corrected chi connectivity index (χ0v) is 17.5. The van der Waals surface area contributed by atoms with E-state index >= 15 is 0 Å². The Morgan fingerprint density at radius 2 is 2.07 bits per heavy atom. The van der Waals surface area contributed by atoms with Crippen molar-refractivity contribution in [3.63, 3.8) is 0 Å². The van der Waals surface area contributed by atoms with Crippen molar-refractivity contribution in [2.45, 2.75) is 45.2 Å². The topological polar surface area (TPSA) is 61.5 Å². The molecule has 2 aromatic rings. The van der Waals surface area contributed by atoms with Crippen LogP contribution in [0.1, 0.15) is 36.2 Å². The Hall–Kier alpha value is -2.48. The molecule has 0 unspecified atom stereocenters. The summed E-state index contributed by atoms with van der Waals surface area (Å²) in [5, 5.41) is 7.03. The SMILES string of the molecule is COc1cccc(CN2CCC[C@@]3(CN(Cc4cc(C)[nH]n4)CC(F)(F)C3)C2=O)c1. The fraction of sp³-hybridized carbons (Fsp3) is 0.545. The fourth-order valence-corrected chi connectivity index (χ4v) is 4.92. The van der Waals surface area contributed by atoms with Crippen molar-refractivity contribution in [1.29, 1.82) is 0 Å². The summed E-state index contributed by atoms with van der Waals surface area (Å²) in [6.07, 6.45) is 0.830. The monoisotopic (exact) mass is 418 g/mol. The van der Waals surface area contributed by atoms with Gasteiger partial charge in [-0.05, 0) is 43.5 Å². The molecule has 1 amide bonds. The molecule has 4 rings (SSSR count). The summed E-state index contributed by atoms with van der Waals surface area (Å²) in [6, 6.07) is 9.40. The molecular formula is C22H28F2N4O2. The molecule has 0 bridgehead atoms. The van der Waals surface area contributed by atoms with Gasteiger partial charge in [0.25, 0.3) is 5.92 Å². The third-order valence-corrected chi connectivity index (χ3v) is 6.05. The quantitative estimate of drug-likeness (QED) is 0.809. The van der Waals surface area contributed by atoms with Gasteiger partial charge >= 0.3 is 0 Å². The van der Waals surface area contributed by atoms with Crippen molar-refractivity contribution in [3.8, 4) is 5.75 Å². The number of likely N-dealkylation sites (tertiary alicyclic amines) is 2. The number of carbonyl (C=O) groups excluding carboxylic acids is 1. The lowest BCUT2D eigenvalue weighted by atomic mass is 9.71. The minimum atomic E-state index is -2.90. The van der Waals surface area contributed by atoms with Crippen LogP contribution in [0.3, 0.4) is 0 Å². The number of aryl methyl sites for hydroxylation is 1. The largest absolute Gasteiger partial charge is 0.497 e. The third kappa shape index (κ3) is 4.33. The van der Waals surface area contributed by atoms with Crippen molar-refractivity contribution in [3.05, 3.63) is 47.3 Å². The van der Waals surface area contributed by atoms with E-state index in [4.69, 9.17) is 4.74 Å². The number of aromatic nitrogens is 2. The highest BCUT2D eigenvalue weighted by molar-refractivity contribution is 5.84. The Bertz CT molecular complexity index is 916. The summed E-state index contributed by atoms with van der Waals surface area (Å²) >= 11 is 0. The predicted octanol–water partition coefficient (Wildman–Crippen LogP) is 3.38. The van der Waals surface area contributed by atoms with Gasteiger partial charge in [0.1, 0.15) is 5.75 Å². The maximum absolute atomic E-state index is 14.8. The average Bonchev–Trinajstić information content (AvgIpc) is 3.09. The lowest BCUT2D eigenvalue weighted by Crippen LogP contribution is -2.60. The third-order valence-electron chi connectivity index (χ3n) is 6.05. The normalized spacial score (nSPS) is 24.4. The molecule has 3 heterocycles. The second-order valence-corrected chi connectivity index (χ2v) is 8.68. The Morgan fingerprint density at radius 3 is 2.80 bits per heavy atom. The van der Waals surface area contributed by atoms with E-state index in [1.807, 2.05) is 37.3 Å². The first-order valence-electron chi connectivity index (χ1n) is 10.3. The van der Waals surface area contributed by atoms with E-state index in [1.165, 1.54) is 0 Å². The number of carbonyl (C=O) groups is 1. The average molecular weight is 418 g/mol. The highest BCUT2D eigenvalue weighted by Gasteiger charge is 2.55. The number of amides is 1. The zero-order valence-electron chi connectivity index (χ0n) is 17.5. The highest BCUT2D eigenvalue weighted by atomic mass is 19.3. The molecule has 0 radical (unpaired) electrons. The van der Waals surface area contributed by atoms with Gasteiger partial charge < -0.3 is 9.64 Å². The van der Waals surface area contributed by atoms with E-state index in [-0.39, 0.29) is 18.9 Å². The van der Waals surface area contributed by atoms with E-state index in [1.54, 1.807) is 16.9 Å². The minimum absolute atomic E-state index is 0.167. The minimum Gasteiger partial charge on any atom is -0.497 e. The molecule has 30 heavy (non-hydrogen) atoms. The maximum Gasteiger partial charge on any atom is 0.261 e. The van der Waals surface area contributed by atoms with Crippen LogP contribution >= 0.6 is 0 Å². The molecule has 2 aliphatic rings. The molecule has 0 aliphatic carbocycles. The van der Waals surface area contributed by atoms with Gasteiger partial charge in [0, 0.05) is 38.3 Å². The van der Waals surface area contributed by atoms with Gasteiger partial charge in [-0.3, -0.25) is 14.8 Å². The molecule has 1 N–H and O–H groups in total. The second-order valence-electron chi connectivity index (χ2n) is 8.68. The van der Waals surface area contributed by atoms with Crippen LogP contribution in [0.5, 0.6) is 5.75 Å². The summed E-state index contributed by atoms with van der Waals surface area (Å²) in [5.74, 6) is -2.35. The van der Waals surface area contributed by atoms with Crippen LogP contribution < -0.4 is 4.74 Å². The van der Waals surface area contributed by atoms with Gasteiger partial charge in [-0.25, -0.2) is 8.78 Å². The number of ether oxygens (including phenoxy) is 1. The van der Waals surface area contributed by atoms with Crippen LogP contribution in [0.4, 0.5) is 8.78 Å². The standard InChI is InChI=1S/C22H28F2N4O2/c1-16-9-18(26-25-16)12-27-14-21(13-22(23,24)15-27)7-4-8-28(20(21)29)11-17-5-3-6-19(10-17)30-2/h3,5-6,9-10H,4,7-8,11-15H2,1-2H3,(H,25,26)/t21-/m1/s1. The van der Waals surface area contributed by atoms with E-state index in [2.05, 4.69) is 10.2 Å². The Balaban J connectivity index is 1.53. The molecule has 1 spiro atoms. The molecule has 1 aromatic carbocycles. The Kier molecular flexibility index (Phi) is 5.53. The number of nitrogens with one attached hydrogen (secondary N) is 1. The predicted molar refractivity (Wildman–Crippen MR) is 108 cm³/mol. The number of H-pyrrole nitrogens is 1. The van der Waals surface area contributed by atoms with Gasteiger partial charge in [0.15, 0.2) is 0 Å². The van der Waals surface area contributed by atoms with Crippen molar-refractivity contribution in [2.75, 3.05) is 26.7 Å². The van der Waals surface area contributed by atoms with Gasteiger partial charge in [0.05, 0.1) is 24.8 Å². The second kappa shape index (κ2) is 7.98. The molecule has 1 aromatic heterocycles. The van der Waals surface area contributed by atoms with Crippen LogP contribution in [-0.2, 0) is 17.9 Å². The number of nitrogens with zero attached hydrogens (tertiary/aromatic N) is 3. The van der Waals surface area contributed by atoms with Crippen molar-refractivity contribution in [2.24, 2.45) is 5.41 Å².